The third kappa shape index (κ3) is 3.36. The number of hydrogen-bond acceptors (Lipinski definition) is 5. The maximum atomic E-state index is 12.2. The Balaban J connectivity index is 1.82. The highest BCUT2D eigenvalue weighted by Crippen LogP contribution is 2.25. The number of aromatic nitrogens is 1. The van der Waals surface area contributed by atoms with Crippen LogP contribution in [0, 0.1) is 11.3 Å². The second-order valence-corrected chi connectivity index (χ2v) is 5.73. The number of hydrogen-bond donors (Lipinski definition) is 2. The molecule has 0 fully saturated rings. The zero-order chi connectivity index (χ0) is 16.2. The second kappa shape index (κ2) is 6.30. The highest BCUT2D eigenvalue weighted by atomic mass is 32.1. The van der Waals surface area contributed by atoms with E-state index in [9.17, 15) is 15.2 Å². The molecule has 1 amide bonds. The van der Waals surface area contributed by atoms with Gasteiger partial charge in [-0.2, -0.15) is 5.26 Å². The van der Waals surface area contributed by atoms with Gasteiger partial charge in [0.1, 0.15) is 17.4 Å². The van der Waals surface area contributed by atoms with Crippen molar-refractivity contribution in [3.05, 3.63) is 59.7 Å². The number of rotatable bonds is 3. The monoisotopic (exact) mass is 321 g/mol. The Morgan fingerprint density at radius 1 is 1.22 bits per heavy atom. The summed E-state index contributed by atoms with van der Waals surface area (Å²) in [5.74, 6) is -0.390. The first kappa shape index (κ1) is 14.8. The standard InChI is InChI=1S/C17H11N3O2S/c18-10-12(9-11-5-7-13(21)8-6-11)16(22)20-17-19-14-3-1-2-4-15(14)23-17/h1-9,21H,(H,19,20,22). The largest absolute Gasteiger partial charge is 0.508 e. The van der Waals surface area contributed by atoms with Gasteiger partial charge in [0.2, 0.25) is 0 Å². The molecule has 0 bridgehead atoms. The summed E-state index contributed by atoms with van der Waals surface area (Å²) < 4.78 is 0.962. The van der Waals surface area contributed by atoms with E-state index in [0.717, 1.165) is 10.2 Å². The molecule has 3 aromatic rings. The second-order valence-electron chi connectivity index (χ2n) is 4.70. The minimum Gasteiger partial charge on any atom is -0.508 e. The molecule has 0 aliphatic carbocycles. The van der Waals surface area contributed by atoms with Crippen LogP contribution in [0.1, 0.15) is 5.56 Å². The number of phenolic OH excluding ortho intramolecular Hbond substituents is 1. The fraction of sp³-hybridized carbons (Fsp3) is 0. The topological polar surface area (TPSA) is 86.0 Å². The molecule has 0 saturated heterocycles. The zero-order valence-electron chi connectivity index (χ0n) is 11.9. The maximum absolute atomic E-state index is 12.2. The smallest absolute Gasteiger partial charge is 0.268 e. The molecule has 6 heteroatoms. The van der Waals surface area contributed by atoms with Crippen molar-refractivity contribution in [3.8, 4) is 11.8 Å². The number of carbonyl (C=O) groups excluding carboxylic acids is 1. The third-order valence-corrected chi connectivity index (χ3v) is 4.04. The Kier molecular flexibility index (Phi) is 4.04. The number of aromatic hydroxyl groups is 1. The van der Waals surface area contributed by atoms with Gasteiger partial charge in [-0.15, -0.1) is 0 Å². The van der Waals surface area contributed by atoms with Crippen LogP contribution in [0.15, 0.2) is 54.1 Å². The van der Waals surface area contributed by atoms with Gasteiger partial charge >= 0.3 is 0 Å². The van der Waals surface area contributed by atoms with E-state index in [4.69, 9.17) is 0 Å². The maximum Gasteiger partial charge on any atom is 0.268 e. The molecule has 2 N–H and O–H groups in total. The normalized spacial score (nSPS) is 11.2. The molecule has 1 heterocycles. The number of thiazole rings is 1. The van der Waals surface area contributed by atoms with E-state index in [1.165, 1.54) is 29.5 Å². The van der Waals surface area contributed by atoms with Crippen molar-refractivity contribution in [3.63, 3.8) is 0 Å². The number of fused-ring (bicyclic) bond motifs is 1. The summed E-state index contributed by atoms with van der Waals surface area (Å²) >= 11 is 1.35. The van der Waals surface area contributed by atoms with E-state index >= 15 is 0 Å². The van der Waals surface area contributed by atoms with Crippen molar-refractivity contribution in [2.45, 2.75) is 0 Å². The van der Waals surface area contributed by atoms with Crippen molar-refractivity contribution in [2.75, 3.05) is 5.32 Å². The van der Waals surface area contributed by atoms with Gasteiger partial charge in [-0.3, -0.25) is 10.1 Å². The molecule has 0 aliphatic rings. The third-order valence-electron chi connectivity index (χ3n) is 3.08. The number of nitrogens with zero attached hydrogens (tertiary/aromatic N) is 2. The van der Waals surface area contributed by atoms with Gasteiger partial charge in [0.05, 0.1) is 10.2 Å². The molecule has 0 saturated carbocycles. The molecule has 0 spiro atoms. The molecule has 2 aromatic carbocycles. The first-order chi connectivity index (χ1) is 11.2. The van der Waals surface area contributed by atoms with Crippen LogP contribution in [-0.4, -0.2) is 16.0 Å². The first-order valence-corrected chi connectivity index (χ1v) is 7.55. The predicted molar refractivity (Wildman–Crippen MR) is 89.9 cm³/mol. The van der Waals surface area contributed by atoms with Crippen LogP contribution in [-0.2, 0) is 4.79 Å². The average Bonchev–Trinajstić information content (AvgIpc) is 2.96. The van der Waals surface area contributed by atoms with Gasteiger partial charge < -0.3 is 5.11 Å². The van der Waals surface area contributed by atoms with Gasteiger partial charge in [0.25, 0.3) is 5.91 Å². The number of benzene rings is 2. The molecule has 1 aromatic heterocycles. The summed E-state index contributed by atoms with van der Waals surface area (Å²) in [7, 11) is 0. The Bertz CT molecular complexity index is 903. The van der Waals surface area contributed by atoms with E-state index in [2.05, 4.69) is 10.3 Å². The lowest BCUT2D eigenvalue weighted by Crippen LogP contribution is -2.13. The summed E-state index contributed by atoms with van der Waals surface area (Å²) in [6.45, 7) is 0. The number of anilines is 1. The lowest BCUT2D eigenvalue weighted by atomic mass is 10.1. The number of nitrogens with one attached hydrogen (secondary N) is 1. The Labute approximate surface area is 136 Å². The zero-order valence-corrected chi connectivity index (χ0v) is 12.7. The van der Waals surface area contributed by atoms with Gasteiger partial charge in [-0.05, 0) is 35.9 Å². The predicted octanol–water partition coefficient (Wildman–Crippen LogP) is 3.55. The van der Waals surface area contributed by atoms with E-state index < -0.39 is 5.91 Å². The molecule has 0 atom stereocenters. The van der Waals surface area contributed by atoms with Crippen molar-refractivity contribution in [2.24, 2.45) is 0 Å². The SMILES string of the molecule is N#CC(=Cc1ccc(O)cc1)C(=O)Nc1nc2ccccc2s1. The molecule has 112 valence electrons. The summed E-state index contributed by atoms with van der Waals surface area (Å²) in [6.07, 6.45) is 1.46. The van der Waals surface area contributed by atoms with Crippen molar-refractivity contribution >= 4 is 38.7 Å². The van der Waals surface area contributed by atoms with Crippen LogP contribution in [0.3, 0.4) is 0 Å². The minimum atomic E-state index is -0.514. The van der Waals surface area contributed by atoms with Crippen molar-refractivity contribution < 1.29 is 9.90 Å². The van der Waals surface area contributed by atoms with Gasteiger partial charge in [0.15, 0.2) is 5.13 Å². The Morgan fingerprint density at radius 2 is 1.96 bits per heavy atom. The summed E-state index contributed by atoms with van der Waals surface area (Å²) in [6, 6.07) is 15.7. The average molecular weight is 321 g/mol. The summed E-state index contributed by atoms with van der Waals surface area (Å²) in [4.78, 5) is 16.5. The quantitative estimate of drug-likeness (QED) is 0.570. The highest BCUT2D eigenvalue weighted by molar-refractivity contribution is 7.22. The summed E-state index contributed by atoms with van der Waals surface area (Å²) in [5, 5.41) is 21.5. The molecular formula is C17H11N3O2S. The van der Waals surface area contributed by atoms with Gasteiger partial charge in [-0.25, -0.2) is 4.98 Å². The van der Waals surface area contributed by atoms with Crippen molar-refractivity contribution in [1.29, 1.82) is 5.26 Å². The van der Waals surface area contributed by atoms with E-state index in [-0.39, 0.29) is 11.3 Å². The van der Waals surface area contributed by atoms with Crippen LogP contribution in [0.4, 0.5) is 5.13 Å². The molecular weight excluding hydrogens is 310 g/mol. The molecule has 0 radical (unpaired) electrons. The molecule has 0 aliphatic heterocycles. The number of carbonyl (C=O) groups is 1. The van der Waals surface area contributed by atoms with Crippen LogP contribution in [0.5, 0.6) is 5.75 Å². The van der Waals surface area contributed by atoms with E-state index in [1.807, 2.05) is 30.3 Å². The number of amides is 1. The van der Waals surface area contributed by atoms with Crippen LogP contribution in [0.25, 0.3) is 16.3 Å². The number of phenols is 1. The molecule has 3 rings (SSSR count). The fourth-order valence-electron chi connectivity index (χ4n) is 1.98. The fourth-order valence-corrected chi connectivity index (χ4v) is 2.84. The lowest BCUT2D eigenvalue weighted by molar-refractivity contribution is -0.112. The lowest BCUT2D eigenvalue weighted by Gasteiger charge is -2.00. The minimum absolute atomic E-state index is 0.0325. The molecule has 23 heavy (non-hydrogen) atoms. The van der Waals surface area contributed by atoms with E-state index in [1.54, 1.807) is 12.1 Å². The Hall–Kier alpha value is -3.17. The molecule has 0 unspecified atom stereocenters. The number of para-hydroxylation sites is 1. The van der Waals surface area contributed by atoms with Crippen LogP contribution < -0.4 is 5.32 Å². The van der Waals surface area contributed by atoms with E-state index in [0.29, 0.717) is 10.7 Å². The Morgan fingerprint density at radius 3 is 2.65 bits per heavy atom. The van der Waals surface area contributed by atoms with Gasteiger partial charge in [0, 0.05) is 0 Å². The van der Waals surface area contributed by atoms with Crippen LogP contribution in [0.2, 0.25) is 0 Å². The first-order valence-electron chi connectivity index (χ1n) is 6.73. The molecule has 5 nitrogen and oxygen atoms in total. The highest BCUT2D eigenvalue weighted by Gasteiger charge is 2.12. The summed E-state index contributed by atoms with van der Waals surface area (Å²) in [5.41, 5.74) is 1.42. The van der Waals surface area contributed by atoms with Crippen LogP contribution >= 0.6 is 11.3 Å². The number of nitriles is 1. The van der Waals surface area contributed by atoms with Gasteiger partial charge in [-0.1, -0.05) is 35.6 Å². The van der Waals surface area contributed by atoms with Crippen molar-refractivity contribution in [1.82, 2.24) is 4.98 Å².